The Labute approximate surface area is 301 Å². The fourth-order valence-electron chi connectivity index (χ4n) is 7.65. The zero-order valence-electron chi connectivity index (χ0n) is 28.2. The number of nitrogens with zero attached hydrogens (tertiary/aromatic N) is 3. The number of hydrogen-bond acceptors (Lipinski definition) is 3. The number of fused-ring (bicyclic) bond motifs is 4. The molecule has 242 valence electrons. The third-order valence-corrected chi connectivity index (χ3v) is 10.1. The minimum Gasteiger partial charge on any atom is -0.256 e. The molecule has 0 atom stereocenters. The SMILES string of the molecule is c1ccc2c(-c3cc(-c4cc(-c5nccc6ccccc56)cc(-c5nccc6ccccc56)c4)nc(-c4cccc5ccccc45)c3)cccc2c1. The van der Waals surface area contributed by atoms with Crippen LogP contribution in [0.15, 0.2) is 188 Å². The van der Waals surface area contributed by atoms with Crippen LogP contribution in [-0.4, -0.2) is 15.0 Å². The van der Waals surface area contributed by atoms with Crippen molar-refractivity contribution in [3.8, 4) is 56.2 Å². The molecule has 0 saturated heterocycles. The fraction of sp³-hybridized carbons (Fsp3) is 0. The van der Waals surface area contributed by atoms with Gasteiger partial charge in [-0.25, -0.2) is 4.98 Å². The summed E-state index contributed by atoms with van der Waals surface area (Å²) in [5.74, 6) is 0. The smallest absolute Gasteiger partial charge is 0.0780 e. The predicted molar refractivity (Wildman–Crippen MR) is 217 cm³/mol. The normalized spacial score (nSPS) is 11.5. The van der Waals surface area contributed by atoms with E-state index in [9.17, 15) is 0 Å². The van der Waals surface area contributed by atoms with Gasteiger partial charge in [0.25, 0.3) is 0 Å². The molecule has 3 heteroatoms. The van der Waals surface area contributed by atoms with E-state index >= 15 is 0 Å². The molecule has 3 nitrogen and oxygen atoms in total. The van der Waals surface area contributed by atoms with Crippen LogP contribution in [0.5, 0.6) is 0 Å². The first-order valence-corrected chi connectivity index (χ1v) is 17.6. The lowest BCUT2D eigenvalue weighted by atomic mass is 9.92. The maximum atomic E-state index is 5.48. The zero-order chi connectivity index (χ0) is 34.4. The van der Waals surface area contributed by atoms with Gasteiger partial charge in [-0.1, -0.05) is 133 Å². The lowest BCUT2D eigenvalue weighted by molar-refractivity contribution is 1.31. The molecule has 0 fully saturated rings. The van der Waals surface area contributed by atoms with E-state index in [0.717, 1.165) is 72.1 Å². The minimum absolute atomic E-state index is 0.886. The van der Waals surface area contributed by atoms with Gasteiger partial charge in [0.2, 0.25) is 0 Å². The third-order valence-electron chi connectivity index (χ3n) is 10.1. The molecule has 7 aromatic carbocycles. The van der Waals surface area contributed by atoms with Gasteiger partial charge in [-0.2, -0.15) is 0 Å². The van der Waals surface area contributed by atoms with E-state index in [0.29, 0.717) is 0 Å². The molecule has 3 aromatic heterocycles. The van der Waals surface area contributed by atoms with E-state index in [2.05, 4.69) is 176 Å². The van der Waals surface area contributed by atoms with Crippen LogP contribution in [0.2, 0.25) is 0 Å². The second kappa shape index (κ2) is 12.4. The van der Waals surface area contributed by atoms with E-state index in [1.165, 1.54) is 27.1 Å². The van der Waals surface area contributed by atoms with Crippen molar-refractivity contribution in [2.24, 2.45) is 0 Å². The van der Waals surface area contributed by atoms with Crippen molar-refractivity contribution in [3.05, 3.63) is 188 Å². The standard InChI is InChI=1S/C49H31N3/c1-5-17-40-32(11-1)15-9-21-42(40)36-30-46(52-47(31-36)45-22-10-16-33-12-2-6-18-41(33)45)37-27-38(48-43-19-7-3-13-34(43)23-25-50-48)29-39(28-37)49-44-20-8-4-14-35(44)24-26-51-49/h1-31H. The summed E-state index contributed by atoms with van der Waals surface area (Å²) in [6.45, 7) is 0. The van der Waals surface area contributed by atoms with E-state index in [1.807, 2.05) is 12.4 Å². The van der Waals surface area contributed by atoms with Gasteiger partial charge in [0, 0.05) is 45.4 Å². The average Bonchev–Trinajstić information content (AvgIpc) is 3.22. The third kappa shape index (κ3) is 5.19. The van der Waals surface area contributed by atoms with Gasteiger partial charge in [-0.15, -0.1) is 0 Å². The van der Waals surface area contributed by atoms with Crippen LogP contribution < -0.4 is 0 Å². The average molecular weight is 662 g/mol. The molecule has 0 spiro atoms. The summed E-state index contributed by atoms with van der Waals surface area (Å²) < 4.78 is 0. The van der Waals surface area contributed by atoms with E-state index < -0.39 is 0 Å². The summed E-state index contributed by atoms with van der Waals surface area (Å²) in [4.78, 5) is 15.4. The van der Waals surface area contributed by atoms with Crippen LogP contribution in [-0.2, 0) is 0 Å². The first-order chi connectivity index (χ1) is 25.8. The Morgan fingerprint density at radius 2 is 0.712 bits per heavy atom. The van der Waals surface area contributed by atoms with Crippen LogP contribution >= 0.6 is 0 Å². The highest BCUT2D eigenvalue weighted by Crippen LogP contribution is 2.40. The molecular formula is C49H31N3. The van der Waals surface area contributed by atoms with Gasteiger partial charge in [0.05, 0.1) is 22.8 Å². The van der Waals surface area contributed by atoms with Gasteiger partial charge in [0.1, 0.15) is 0 Å². The van der Waals surface area contributed by atoms with Gasteiger partial charge >= 0.3 is 0 Å². The number of rotatable bonds is 5. The first kappa shape index (κ1) is 29.9. The maximum Gasteiger partial charge on any atom is 0.0780 e. The highest BCUT2D eigenvalue weighted by atomic mass is 14.7. The topological polar surface area (TPSA) is 38.7 Å². The Hall–Kier alpha value is -6.97. The summed E-state index contributed by atoms with van der Waals surface area (Å²) in [6.07, 6.45) is 3.80. The van der Waals surface area contributed by atoms with Gasteiger partial charge < -0.3 is 0 Å². The zero-order valence-corrected chi connectivity index (χ0v) is 28.2. The summed E-state index contributed by atoms with van der Waals surface area (Å²) in [7, 11) is 0. The lowest BCUT2D eigenvalue weighted by Gasteiger charge is -2.16. The minimum atomic E-state index is 0.886. The second-order valence-corrected chi connectivity index (χ2v) is 13.2. The van der Waals surface area contributed by atoms with Gasteiger partial charge in [0.15, 0.2) is 0 Å². The van der Waals surface area contributed by atoms with Gasteiger partial charge in [-0.05, 0) is 85.9 Å². The lowest BCUT2D eigenvalue weighted by Crippen LogP contribution is -1.95. The van der Waals surface area contributed by atoms with Crippen LogP contribution in [0.1, 0.15) is 0 Å². The van der Waals surface area contributed by atoms with Crippen molar-refractivity contribution in [1.29, 1.82) is 0 Å². The van der Waals surface area contributed by atoms with Crippen LogP contribution in [0.25, 0.3) is 99.2 Å². The quantitative estimate of drug-likeness (QED) is 0.184. The monoisotopic (exact) mass is 661 g/mol. The van der Waals surface area contributed by atoms with Crippen LogP contribution in [0.4, 0.5) is 0 Å². The summed E-state index contributed by atoms with van der Waals surface area (Å²) in [6, 6.07) is 62.4. The van der Waals surface area contributed by atoms with E-state index in [4.69, 9.17) is 15.0 Å². The maximum absolute atomic E-state index is 5.48. The molecule has 0 saturated carbocycles. The van der Waals surface area contributed by atoms with E-state index in [-0.39, 0.29) is 0 Å². The van der Waals surface area contributed by atoms with E-state index in [1.54, 1.807) is 0 Å². The molecule has 10 aromatic rings. The largest absolute Gasteiger partial charge is 0.256 e. The Kier molecular flexibility index (Phi) is 7.14. The van der Waals surface area contributed by atoms with Crippen molar-refractivity contribution >= 4 is 43.1 Å². The molecule has 0 bridgehead atoms. The number of pyridine rings is 3. The highest BCUT2D eigenvalue weighted by Gasteiger charge is 2.17. The van der Waals surface area contributed by atoms with Crippen molar-refractivity contribution in [1.82, 2.24) is 15.0 Å². The molecule has 3 heterocycles. The number of aromatic nitrogens is 3. The molecule has 0 unspecified atom stereocenters. The Bertz CT molecular complexity index is 2560. The Morgan fingerprint density at radius 1 is 0.288 bits per heavy atom. The number of benzene rings is 7. The van der Waals surface area contributed by atoms with Crippen molar-refractivity contribution in [3.63, 3.8) is 0 Å². The summed E-state index contributed by atoms with van der Waals surface area (Å²) in [5, 5.41) is 9.29. The molecule has 0 radical (unpaired) electrons. The predicted octanol–water partition coefficient (Wildman–Crippen LogP) is 12.8. The Balaban J connectivity index is 1.28. The molecule has 0 aliphatic heterocycles. The second-order valence-electron chi connectivity index (χ2n) is 13.2. The molecular weight excluding hydrogens is 631 g/mol. The molecule has 0 amide bonds. The molecule has 52 heavy (non-hydrogen) atoms. The molecule has 0 N–H and O–H groups in total. The first-order valence-electron chi connectivity index (χ1n) is 17.6. The van der Waals surface area contributed by atoms with Crippen LogP contribution in [0.3, 0.4) is 0 Å². The van der Waals surface area contributed by atoms with Crippen molar-refractivity contribution in [2.75, 3.05) is 0 Å². The molecule has 10 rings (SSSR count). The number of hydrogen-bond donors (Lipinski definition) is 0. The van der Waals surface area contributed by atoms with Gasteiger partial charge in [-0.3, -0.25) is 9.97 Å². The van der Waals surface area contributed by atoms with Crippen molar-refractivity contribution in [2.45, 2.75) is 0 Å². The summed E-state index contributed by atoms with van der Waals surface area (Å²) >= 11 is 0. The Morgan fingerprint density at radius 3 is 1.29 bits per heavy atom. The highest BCUT2D eigenvalue weighted by molar-refractivity contribution is 6.02. The van der Waals surface area contributed by atoms with Crippen molar-refractivity contribution < 1.29 is 0 Å². The fourth-order valence-corrected chi connectivity index (χ4v) is 7.65. The molecule has 0 aliphatic carbocycles. The summed E-state index contributed by atoms with van der Waals surface area (Å²) in [5.41, 5.74) is 10.1. The molecule has 0 aliphatic rings. The van der Waals surface area contributed by atoms with Crippen LogP contribution in [0, 0.1) is 0 Å².